The van der Waals surface area contributed by atoms with E-state index in [1.165, 1.54) is 14.2 Å². The Morgan fingerprint density at radius 1 is 1.23 bits per heavy atom. The highest BCUT2D eigenvalue weighted by atomic mass is 16.5. The lowest BCUT2D eigenvalue weighted by molar-refractivity contribution is -0.142. The fourth-order valence-corrected chi connectivity index (χ4v) is 2.17. The molecular weight excluding hydrogens is 286 g/mol. The van der Waals surface area contributed by atoms with Crippen LogP contribution in [0.1, 0.15) is 31.7 Å². The van der Waals surface area contributed by atoms with Crippen molar-refractivity contribution in [3.63, 3.8) is 0 Å². The van der Waals surface area contributed by atoms with Crippen LogP contribution in [0.4, 0.5) is 0 Å². The van der Waals surface area contributed by atoms with E-state index in [0.717, 1.165) is 12.8 Å². The second-order valence-electron chi connectivity index (χ2n) is 4.92. The molecule has 0 saturated carbocycles. The first-order chi connectivity index (χ1) is 10.5. The molecule has 6 nitrogen and oxygen atoms in total. The number of aliphatic carboxylic acids is 1. The predicted molar refractivity (Wildman–Crippen MR) is 82.3 cm³/mol. The number of nitrogens with one attached hydrogen (secondary N) is 1. The van der Waals surface area contributed by atoms with E-state index >= 15 is 0 Å². The maximum absolute atomic E-state index is 12.1. The second-order valence-corrected chi connectivity index (χ2v) is 4.92. The van der Waals surface area contributed by atoms with Gasteiger partial charge >= 0.3 is 5.97 Å². The fourth-order valence-electron chi connectivity index (χ4n) is 2.17. The number of benzene rings is 1. The molecule has 1 aromatic rings. The third kappa shape index (κ3) is 4.95. The van der Waals surface area contributed by atoms with E-state index in [1.54, 1.807) is 18.2 Å². The number of carboxylic acids is 1. The molecule has 0 saturated heterocycles. The van der Waals surface area contributed by atoms with Gasteiger partial charge in [0.2, 0.25) is 5.91 Å². The van der Waals surface area contributed by atoms with Crippen LogP contribution in [-0.2, 0) is 16.0 Å². The second kappa shape index (κ2) is 8.92. The van der Waals surface area contributed by atoms with E-state index in [9.17, 15) is 9.59 Å². The lowest BCUT2D eigenvalue weighted by Gasteiger charge is -2.16. The van der Waals surface area contributed by atoms with Crippen LogP contribution < -0.4 is 14.8 Å². The molecule has 0 radical (unpaired) electrons. The number of carbonyl (C=O) groups excluding carboxylic acids is 1. The monoisotopic (exact) mass is 309 g/mol. The van der Waals surface area contributed by atoms with Crippen LogP contribution in [0, 0.1) is 0 Å². The average Bonchev–Trinajstić information content (AvgIpc) is 2.51. The van der Waals surface area contributed by atoms with E-state index in [-0.39, 0.29) is 12.3 Å². The van der Waals surface area contributed by atoms with Crippen molar-refractivity contribution in [1.82, 2.24) is 5.32 Å². The Balaban J connectivity index is 2.81. The molecule has 0 aliphatic carbocycles. The van der Waals surface area contributed by atoms with E-state index in [0.29, 0.717) is 23.5 Å². The molecular formula is C16H23NO5. The van der Waals surface area contributed by atoms with Crippen molar-refractivity contribution < 1.29 is 24.2 Å². The highest BCUT2D eigenvalue weighted by Crippen LogP contribution is 2.28. The maximum Gasteiger partial charge on any atom is 0.326 e. The number of unbranched alkanes of at least 4 members (excludes halogenated alkanes) is 1. The molecule has 1 atom stereocenters. The number of carboxylic acid groups (broad SMARTS) is 1. The highest BCUT2D eigenvalue weighted by Gasteiger charge is 2.21. The number of methoxy groups -OCH3 is 2. The third-order valence-corrected chi connectivity index (χ3v) is 3.35. The lowest BCUT2D eigenvalue weighted by Crippen LogP contribution is -2.41. The first-order valence-electron chi connectivity index (χ1n) is 7.25. The minimum atomic E-state index is -1.02. The molecule has 1 aromatic carbocycles. The van der Waals surface area contributed by atoms with Crippen molar-refractivity contribution in [1.29, 1.82) is 0 Å². The zero-order valence-corrected chi connectivity index (χ0v) is 13.2. The Bertz CT molecular complexity index is 493. The van der Waals surface area contributed by atoms with E-state index < -0.39 is 12.0 Å². The minimum absolute atomic E-state index is 0.00307. The van der Waals surface area contributed by atoms with Crippen LogP contribution in [-0.4, -0.2) is 37.2 Å². The number of carbonyl (C=O) groups is 2. The molecule has 0 bridgehead atoms. The molecule has 0 aliphatic heterocycles. The van der Waals surface area contributed by atoms with Gasteiger partial charge in [0, 0.05) is 5.56 Å². The lowest BCUT2D eigenvalue weighted by atomic mass is 10.1. The quantitative estimate of drug-likeness (QED) is 0.729. The molecule has 1 amide bonds. The molecule has 1 unspecified atom stereocenters. The van der Waals surface area contributed by atoms with Gasteiger partial charge in [0.15, 0.2) is 0 Å². The van der Waals surface area contributed by atoms with Gasteiger partial charge in [-0.1, -0.05) is 25.8 Å². The fraction of sp³-hybridized carbons (Fsp3) is 0.500. The highest BCUT2D eigenvalue weighted by molar-refractivity contribution is 5.85. The van der Waals surface area contributed by atoms with Crippen LogP contribution in [0.2, 0.25) is 0 Å². The molecule has 0 aliphatic rings. The third-order valence-electron chi connectivity index (χ3n) is 3.35. The van der Waals surface area contributed by atoms with Crippen LogP contribution in [0.15, 0.2) is 18.2 Å². The minimum Gasteiger partial charge on any atom is -0.496 e. The van der Waals surface area contributed by atoms with Crippen LogP contribution in [0.5, 0.6) is 11.5 Å². The van der Waals surface area contributed by atoms with Crippen LogP contribution in [0.3, 0.4) is 0 Å². The summed E-state index contributed by atoms with van der Waals surface area (Å²) in [5, 5.41) is 11.7. The zero-order valence-electron chi connectivity index (χ0n) is 13.2. The van der Waals surface area contributed by atoms with Crippen LogP contribution in [0.25, 0.3) is 0 Å². The largest absolute Gasteiger partial charge is 0.496 e. The van der Waals surface area contributed by atoms with Crippen molar-refractivity contribution in [2.24, 2.45) is 0 Å². The van der Waals surface area contributed by atoms with Gasteiger partial charge < -0.3 is 19.9 Å². The normalized spacial score (nSPS) is 11.6. The van der Waals surface area contributed by atoms with Gasteiger partial charge in [-0.3, -0.25) is 4.79 Å². The summed E-state index contributed by atoms with van der Waals surface area (Å²) in [6.07, 6.45) is 2.04. The van der Waals surface area contributed by atoms with Crippen molar-refractivity contribution in [2.45, 2.75) is 38.6 Å². The number of hydrogen-bond donors (Lipinski definition) is 2. The van der Waals surface area contributed by atoms with Crippen LogP contribution >= 0.6 is 0 Å². The number of rotatable bonds is 9. The molecule has 1 rings (SSSR count). The zero-order chi connectivity index (χ0) is 16.5. The smallest absolute Gasteiger partial charge is 0.326 e. The molecule has 122 valence electrons. The maximum atomic E-state index is 12.1. The molecule has 0 fully saturated rings. The average molecular weight is 309 g/mol. The Kier molecular flexibility index (Phi) is 7.22. The van der Waals surface area contributed by atoms with Gasteiger partial charge in [-0.15, -0.1) is 0 Å². The van der Waals surface area contributed by atoms with E-state index in [1.807, 2.05) is 6.92 Å². The number of amides is 1. The molecule has 6 heteroatoms. The molecule has 2 N–H and O–H groups in total. The summed E-state index contributed by atoms with van der Waals surface area (Å²) in [4.78, 5) is 23.3. The molecule has 0 spiro atoms. The van der Waals surface area contributed by atoms with Gasteiger partial charge in [-0.05, 0) is 18.6 Å². The van der Waals surface area contributed by atoms with Crippen molar-refractivity contribution >= 4 is 11.9 Å². The Morgan fingerprint density at radius 3 is 2.27 bits per heavy atom. The Hall–Kier alpha value is -2.24. The van der Waals surface area contributed by atoms with Crippen molar-refractivity contribution in [2.75, 3.05) is 14.2 Å². The summed E-state index contributed by atoms with van der Waals surface area (Å²) < 4.78 is 10.5. The molecule has 22 heavy (non-hydrogen) atoms. The summed E-state index contributed by atoms with van der Waals surface area (Å²) in [5.41, 5.74) is 0.602. The van der Waals surface area contributed by atoms with Gasteiger partial charge in [0.05, 0.1) is 20.6 Å². The summed E-state index contributed by atoms with van der Waals surface area (Å²) in [6.45, 7) is 1.97. The summed E-state index contributed by atoms with van der Waals surface area (Å²) in [6, 6.07) is 4.36. The first kappa shape index (κ1) is 17.8. The molecule has 0 aromatic heterocycles. The van der Waals surface area contributed by atoms with Gasteiger partial charge in [-0.25, -0.2) is 4.79 Å². The number of ether oxygens (including phenoxy) is 2. The SMILES string of the molecule is CCCCC(NC(=O)Cc1c(OC)cccc1OC)C(=O)O. The first-order valence-corrected chi connectivity index (χ1v) is 7.25. The summed E-state index contributed by atoms with van der Waals surface area (Å²) in [5.74, 6) is -0.315. The Labute approximate surface area is 130 Å². The standard InChI is InChI=1S/C16H23NO5/c1-4-5-7-12(16(19)20)17-15(18)10-11-13(21-2)8-6-9-14(11)22-3/h6,8-9,12H,4-5,7,10H2,1-3H3,(H,17,18)(H,19,20). The van der Waals surface area contributed by atoms with E-state index in [2.05, 4.69) is 5.32 Å². The molecule has 0 heterocycles. The van der Waals surface area contributed by atoms with Gasteiger partial charge in [0.1, 0.15) is 17.5 Å². The van der Waals surface area contributed by atoms with Gasteiger partial charge in [-0.2, -0.15) is 0 Å². The predicted octanol–water partition coefficient (Wildman–Crippen LogP) is 2.01. The topological polar surface area (TPSA) is 84.9 Å². The van der Waals surface area contributed by atoms with Gasteiger partial charge in [0.25, 0.3) is 0 Å². The summed E-state index contributed by atoms with van der Waals surface area (Å²) >= 11 is 0. The van der Waals surface area contributed by atoms with Crippen molar-refractivity contribution in [3.05, 3.63) is 23.8 Å². The summed E-state index contributed by atoms with van der Waals surface area (Å²) in [7, 11) is 3.02. The number of hydrogen-bond acceptors (Lipinski definition) is 4. The van der Waals surface area contributed by atoms with Crippen molar-refractivity contribution in [3.8, 4) is 11.5 Å². The van der Waals surface area contributed by atoms with E-state index in [4.69, 9.17) is 14.6 Å². The Morgan fingerprint density at radius 2 is 1.82 bits per heavy atom.